The van der Waals surface area contributed by atoms with E-state index in [4.69, 9.17) is 0 Å². The second kappa shape index (κ2) is 5.69. The fraction of sp³-hybridized carbons (Fsp3) is 0.500. The molecule has 0 aromatic heterocycles. The summed E-state index contributed by atoms with van der Waals surface area (Å²) < 4.78 is 0. The fourth-order valence-corrected chi connectivity index (χ4v) is 2.00. The molecule has 15 heavy (non-hydrogen) atoms. The third-order valence-electron chi connectivity index (χ3n) is 3.18. The number of unbranched alkanes of at least 4 members (excludes halogenated alkanes) is 1. The molecule has 0 spiro atoms. The normalized spacial score (nSPS) is 14.5. The summed E-state index contributed by atoms with van der Waals surface area (Å²) in [4.78, 5) is 11.4. The standard InChI is InChI=1S/C14H20O/c1-3-5-11-14(4-2,12-15)13-9-7-6-8-10-13/h6-10,12H,3-5,11H2,1-2H3. The van der Waals surface area contributed by atoms with Crippen molar-refractivity contribution in [3.63, 3.8) is 0 Å². The van der Waals surface area contributed by atoms with Crippen LogP contribution in [0.4, 0.5) is 0 Å². The zero-order chi connectivity index (χ0) is 11.1. The molecule has 82 valence electrons. The Labute approximate surface area is 92.5 Å². The lowest BCUT2D eigenvalue weighted by Gasteiger charge is -2.27. The van der Waals surface area contributed by atoms with Gasteiger partial charge < -0.3 is 4.79 Å². The van der Waals surface area contributed by atoms with Gasteiger partial charge in [-0.15, -0.1) is 0 Å². The summed E-state index contributed by atoms with van der Waals surface area (Å²) in [5, 5.41) is 0. The average molecular weight is 204 g/mol. The molecule has 0 N–H and O–H groups in total. The molecule has 0 amide bonds. The Morgan fingerprint density at radius 1 is 1.20 bits per heavy atom. The van der Waals surface area contributed by atoms with Crippen molar-refractivity contribution < 1.29 is 4.79 Å². The lowest BCUT2D eigenvalue weighted by Crippen LogP contribution is -2.27. The summed E-state index contributed by atoms with van der Waals surface area (Å²) in [6.45, 7) is 4.26. The van der Waals surface area contributed by atoms with Crippen molar-refractivity contribution in [2.24, 2.45) is 0 Å². The zero-order valence-electron chi connectivity index (χ0n) is 9.70. The average Bonchev–Trinajstić information content (AvgIpc) is 2.33. The molecule has 1 nitrogen and oxygen atoms in total. The van der Waals surface area contributed by atoms with E-state index < -0.39 is 0 Å². The van der Waals surface area contributed by atoms with Crippen LogP contribution in [0.3, 0.4) is 0 Å². The quantitative estimate of drug-likeness (QED) is 0.645. The molecule has 0 aliphatic rings. The molecule has 0 aliphatic carbocycles. The zero-order valence-corrected chi connectivity index (χ0v) is 9.70. The van der Waals surface area contributed by atoms with Crippen molar-refractivity contribution in [3.05, 3.63) is 35.9 Å². The maximum atomic E-state index is 11.4. The highest BCUT2D eigenvalue weighted by atomic mass is 16.1. The summed E-state index contributed by atoms with van der Waals surface area (Å²) in [6, 6.07) is 10.1. The molecule has 0 aliphatic heterocycles. The molecule has 1 rings (SSSR count). The van der Waals surface area contributed by atoms with Crippen molar-refractivity contribution >= 4 is 6.29 Å². The van der Waals surface area contributed by atoms with E-state index in [9.17, 15) is 4.79 Å². The maximum absolute atomic E-state index is 11.4. The largest absolute Gasteiger partial charge is 0.302 e. The molecular weight excluding hydrogens is 184 g/mol. The van der Waals surface area contributed by atoms with E-state index in [0.717, 1.165) is 37.5 Å². The third kappa shape index (κ3) is 2.68. The van der Waals surface area contributed by atoms with Crippen LogP contribution >= 0.6 is 0 Å². The van der Waals surface area contributed by atoms with Crippen LogP contribution in [0.2, 0.25) is 0 Å². The number of hydrogen-bond acceptors (Lipinski definition) is 1. The van der Waals surface area contributed by atoms with Gasteiger partial charge in [-0.1, -0.05) is 57.0 Å². The molecule has 1 aromatic rings. The van der Waals surface area contributed by atoms with Gasteiger partial charge in [0.2, 0.25) is 0 Å². The van der Waals surface area contributed by atoms with Gasteiger partial charge in [0.05, 0.1) is 5.41 Å². The van der Waals surface area contributed by atoms with E-state index in [1.807, 2.05) is 18.2 Å². The summed E-state index contributed by atoms with van der Waals surface area (Å²) in [5.41, 5.74) is 0.910. The molecule has 0 bridgehead atoms. The number of rotatable bonds is 6. The number of hydrogen-bond donors (Lipinski definition) is 0. The van der Waals surface area contributed by atoms with Crippen LogP contribution in [0.25, 0.3) is 0 Å². The van der Waals surface area contributed by atoms with Crippen molar-refractivity contribution in [1.82, 2.24) is 0 Å². The summed E-state index contributed by atoms with van der Waals surface area (Å²) >= 11 is 0. The molecule has 0 saturated carbocycles. The van der Waals surface area contributed by atoms with Gasteiger partial charge in [-0.05, 0) is 18.4 Å². The molecule has 0 saturated heterocycles. The van der Waals surface area contributed by atoms with Gasteiger partial charge in [-0.25, -0.2) is 0 Å². The van der Waals surface area contributed by atoms with Gasteiger partial charge in [-0.2, -0.15) is 0 Å². The van der Waals surface area contributed by atoms with Crippen molar-refractivity contribution in [3.8, 4) is 0 Å². The van der Waals surface area contributed by atoms with Crippen molar-refractivity contribution in [1.29, 1.82) is 0 Å². The minimum absolute atomic E-state index is 0.253. The van der Waals surface area contributed by atoms with Gasteiger partial charge >= 0.3 is 0 Å². The first-order valence-electron chi connectivity index (χ1n) is 5.81. The monoisotopic (exact) mass is 204 g/mol. The fourth-order valence-electron chi connectivity index (χ4n) is 2.00. The lowest BCUT2D eigenvalue weighted by molar-refractivity contribution is -0.113. The minimum Gasteiger partial charge on any atom is -0.302 e. The predicted molar refractivity (Wildman–Crippen MR) is 64.0 cm³/mol. The summed E-state index contributed by atoms with van der Waals surface area (Å²) in [5.74, 6) is 0. The Bertz CT molecular complexity index is 291. The Morgan fingerprint density at radius 3 is 2.33 bits per heavy atom. The lowest BCUT2D eigenvalue weighted by atomic mass is 9.75. The Kier molecular flexibility index (Phi) is 4.54. The molecular formula is C14H20O. The van der Waals surface area contributed by atoms with Gasteiger partial charge in [0.15, 0.2) is 0 Å². The van der Waals surface area contributed by atoms with E-state index in [-0.39, 0.29) is 5.41 Å². The van der Waals surface area contributed by atoms with Crippen LogP contribution in [0.1, 0.15) is 45.1 Å². The molecule has 1 aromatic carbocycles. The number of aldehydes is 1. The highest BCUT2D eigenvalue weighted by molar-refractivity contribution is 5.68. The highest BCUT2D eigenvalue weighted by Gasteiger charge is 2.28. The Hall–Kier alpha value is -1.11. The van der Waals surface area contributed by atoms with Crippen LogP contribution in [0, 0.1) is 0 Å². The van der Waals surface area contributed by atoms with Crippen LogP contribution < -0.4 is 0 Å². The van der Waals surface area contributed by atoms with Crippen LogP contribution in [-0.2, 0) is 10.2 Å². The maximum Gasteiger partial charge on any atom is 0.130 e. The van der Waals surface area contributed by atoms with Crippen LogP contribution in [0.5, 0.6) is 0 Å². The topological polar surface area (TPSA) is 17.1 Å². The molecule has 1 unspecified atom stereocenters. The van der Waals surface area contributed by atoms with Gasteiger partial charge in [0.1, 0.15) is 6.29 Å². The number of benzene rings is 1. The molecule has 0 heterocycles. The van der Waals surface area contributed by atoms with Crippen molar-refractivity contribution in [2.75, 3.05) is 0 Å². The van der Waals surface area contributed by atoms with Crippen LogP contribution in [-0.4, -0.2) is 6.29 Å². The predicted octanol–water partition coefficient (Wildman–Crippen LogP) is 3.72. The molecule has 1 atom stereocenters. The Morgan fingerprint density at radius 2 is 1.87 bits per heavy atom. The van der Waals surface area contributed by atoms with Gasteiger partial charge in [-0.3, -0.25) is 0 Å². The van der Waals surface area contributed by atoms with E-state index >= 15 is 0 Å². The summed E-state index contributed by atoms with van der Waals surface area (Å²) in [6.07, 6.45) is 5.25. The van der Waals surface area contributed by atoms with E-state index in [2.05, 4.69) is 26.0 Å². The van der Waals surface area contributed by atoms with Crippen LogP contribution in [0.15, 0.2) is 30.3 Å². The third-order valence-corrected chi connectivity index (χ3v) is 3.18. The van der Waals surface area contributed by atoms with Gasteiger partial charge in [0.25, 0.3) is 0 Å². The molecule has 0 radical (unpaired) electrons. The van der Waals surface area contributed by atoms with Gasteiger partial charge in [0, 0.05) is 0 Å². The second-order valence-corrected chi connectivity index (χ2v) is 4.10. The Balaban J connectivity index is 2.94. The number of carbonyl (C=O) groups excluding carboxylic acids is 1. The minimum atomic E-state index is -0.253. The van der Waals surface area contributed by atoms with E-state index in [0.29, 0.717) is 0 Å². The highest BCUT2D eigenvalue weighted by Crippen LogP contribution is 2.31. The second-order valence-electron chi connectivity index (χ2n) is 4.10. The van der Waals surface area contributed by atoms with Crippen molar-refractivity contribution in [2.45, 2.75) is 44.9 Å². The first kappa shape index (κ1) is 12.0. The first-order valence-corrected chi connectivity index (χ1v) is 5.81. The molecule has 1 heteroatoms. The smallest absolute Gasteiger partial charge is 0.130 e. The first-order chi connectivity index (χ1) is 7.29. The summed E-state index contributed by atoms with van der Waals surface area (Å²) in [7, 11) is 0. The molecule has 0 fully saturated rings. The van der Waals surface area contributed by atoms with E-state index in [1.165, 1.54) is 0 Å². The number of carbonyl (C=O) groups is 1. The SMILES string of the molecule is CCCCC(C=O)(CC)c1ccccc1. The van der Waals surface area contributed by atoms with E-state index in [1.54, 1.807) is 0 Å².